The van der Waals surface area contributed by atoms with Crippen molar-refractivity contribution in [1.29, 1.82) is 0 Å². The van der Waals surface area contributed by atoms with Crippen LogP contribution >= 0.6 is 11.3 Å². The van der Waals surface area contributed by atoms with Gasteiger partial charge in [-0.1, -0.05) is 29.8 Å². The average Bonchev–Trinajstić information content (AvgIpc) is 3.04. The summed E-state index contributed by atoms with van der Waals surface area (Å²) in [5, 5.41) is 4.38. The first-order valence-electron chi connectivity index (χ1n) is 9.43. The molecule has 2 aromatic heterocycles. The number of nitrogens with zero attached hydrogens (tertiary/aromatic N) is 2. The zero-order valence-corrected chi connectivity index (χ0v) is 16.6. The first-order chi connectivity index (χ1) is 13.2. The van der Waals surface area contributed by atoms with Gasteiger partial charge in [0.2, 0.25) is 0 Å². The second kappa shape index (κ2) is 7.92. The van der Waals surface area contributed by atoms with Crippen LogP contribution in [0.15, 0.2) is 35.4 Å². The third kappa shape index (κ3) is 3.83. The van der Waals surface area contributed by atoms with Gasteiger partial charge < -0.3 is 10.1 Å². The Bertz CT molecular complexity index is 991. The molecule has 6 heteroatoms. The molecule has 0 unspecified atom stereocenters. The number of nitrogens with one attached hydrogen (secondary N) is 1. The van der Waals surface area contributed by atoms with Crippen LogP contribution in [0.2, 0.25) is 0 Å². The Labute approximate surface area is 163 Å². The first-order valence-corrected chi connectivity index (χ1v) is 10.2. The van der Waals surface area contributed by atoms with E-state index in [0.717, 1.165) is 48.2 Å². The van der Waals surface area contributed by atoms with E-state index in [2.05, 4.69) is 41.5 Å². The summed E-state index contributed by atoms with van der Waals surface area (Å²) in [6.45, 7) is 4.22. The molecule has 0 amide bonds. The fourth-order valence-corrected chi connectivity index (χ4v) is 5.00. The number of thiophene rings is 1. The predicted molar refractivity (Wildman–Crippen MR) is 110 cm³/mol. The fraction of sp³-hybridized carbons (Fsp3) is 0.429. The summed E-state index contributed by atoms with van der Waals surface area (Å²) in [7, 11) is 1.72. The van der Waals surface area contributed by atoms with E-state index < -0.39 is 0 Å². The number of ether oxygens (including phenoxy) is 1. The smallest absolute Gasteiger partial charge is 0.262 e. The molecule has 4 rings (SSSR count). The quantitative estimate of drug-likeness (QED) is 0.665. The molecule has 0 radical (unpaired) electrons. The number of rotatable bonds is 6. The summed E-state index contributed by atoms with van der Waals surface area (Å²) in [4.78, 5) is 19.9. The first kappa shape index (κ1) is 18.3. The molecule has 27 heavy (non-hydrogen) atoms. The van der Waals surface area contributed by atoms with Crippen molar-refractivity contribution in [2.75, 3.05) is 20.3 Å². The van der Waals surface area contributed by atoms with Crippen LogP contribution in [-0.4, -0.2) is 35.9 Å². The molecular weight excluding hydrogens is 358 g/mol. The summed E-state index contributed by atoms with van der Waals surface area (Å²) in [6, 6.07) is 8.76. The lowest BCUT2D eigenvalue weighted by Crippen LogP contribution is -2.36. The van der Waals surface area contributed by atoms with Gasteiger partial charge in [-0.15, -0.1) is 11.3 Å². The number of benzene rings is 1. The zero-order chi connectivity index (χ0) is 18.8. The Morgan fingerprint density at radius 2 is 2.15 bits per heavy atom. The lowest BCUT2D eigenvalue weighted by molar-refractivity contribution is 0.194. The van der Waals surface area contributed by atoms with Gasteiger partial charge in [0.05, 0.1) is 24.9 Å². The highest BCUT2D eigenvalue weighted by Gasteiger charge is 2.24. The molecule has 142 valence electrons. The van der Waals surface area contributed by atoms with Gasteiger partial charge in [0.25, 0.3) is 5.56 Å². The number of aromatic nitrogens is 2. The maximum Gasteiger partial charge on any atom is 0.262 e. The van der Waals surface area contributed by atoms with Crippen molar-refractivity contribution < 1.29 is 4.74 Å². The predicted octanol–water partition coefficient (Wildman–Crippen LogP) is 2.91. The standard InChI is InChI=1S/C21H25N3O2S/c1-14-3-5-15(6-4-14)12-24-13-23-20-19(21(24)25)17-8-7-16(11-18(17)27-20)22-9-10-26-2/h3-6,13,16,22H,7-12H2,1-2H3/t16-/m0/s1. The van der Waals surface area contributed by atoms with Crippen molar-refractivity contribution in [3.05, 3.63) is 62.5 Å². The van der Waals surface area contributed by atoms with E-state index in [1.54, 1.807) is 29.3 Å². The minimum Gasteiger partial charge on any atom is -0.383 e. The third-order valence-electron chi connectivity index (χ3n) is 5.25. The van der Waals surface area contributed by atoms with Gasteiger partial charge in [0.15, 0.2) is 0 Å². The summed E-state index contributed by atoms with van der Waals surface area (Å²) in [6.07, 6.45) is 4.65. The molecule has 0 aliphatic heterocycles. The van der Waals surface area contributed by atoms with Crippen LogP contribution in [0, 0.1) is 6.92 Å². The Balaban J connectivity index is 1.60. The van der Waals surface area contributed by atoms with Crippen LogP contribution in [0.3, 0.4) is 0 Å². The molecule has 2 heterocycles. The van der Waals surface area contributed by atoms with Crippen LogP contribution < -0.4 is 10.9 Å². The molecule has 5 nitrogen and oxygen atoms in total. The molecule has 1 atom stereocenters. The maximum atomic E-state index is 13.1. The van der Waals surface area contributed by atoms with Crippen LogP contribution in [0.5, 0.6) is 0 Å². The molecular formula is C21H25N3O2S. The maximum absolute atomic E-state index is 13.1. The number of fused-ring (bicyclic) bond motifs is 3. The summed E-state index contributed by atoms with van der Waals surface area (Å²) >= 11 is 1.68. The summed E-state index contributed by atoms with van der Waals surface area (Å²) in [5.41, 5.74) is 3.65. The topological polar surface area (TPSA) is 56.1 Å². The van der Waals surface area contributed by atoms with Gasteiger partial charge in [0, 0.05) is 24.6 Å². The Morgan fingerprint density at radius 3 is 2.93 bits per heavy atom. The van der Waals surface area contributed by atoms with Gasteiger partial charge in [-0.2, -0.15) is 0 Å². The van der Waals surface area contributed by atoms with Crippen molar-refractivity contribution in [3.8, 4) is 0 Å². The average molecular weight is 384 g/mol. The van der Waals surface area contributed by atoms with Crippen molar-refractivity contribution in [2.24, 2.45) is 0 Å². The lowest BCUT2D eigenvalue weighted by atomic mass is 9.93. The van der Waals surface area contributed by atoms with Crippen molar-refractivity contribution in [1.82, 2.24) is 14.9 Å². The zero-order valence-electron chi connectivity index (χ0n) is 15.8. The molecule has 0 spiro atoms. The Kier molecular flexibility index (Phi) is 5.38. The van der Waals surface area contributed by atoms with Crippen molar-refractivity contribution >= 4 is 21.6 Å². The minimum atomic E-state index is 0.0869. The molecule has 0 fully saturated rings. The normalized spacial score (nSPS) is 16.6. The van der Waals surface area contributed by atoms with Gasteiger partial charge in [-0.3, -0.25) is 9.36 Å². The molecule has 0 saturated carbocycles. The van der Waals surface area contributed by atoms with Gasteiger partial charge in [-0.05, 0) is 37.3 Å². The molecule has 1 aromatic carbocycles. The second-order valence-corrected chi connectivity index (χ2v) is 8.32. The van der Waals surface area contributed by atoms with E-state index in [4.69, 9.17) is 4.74 Å². The second-order valence-electron chi connectivity index (χ2n) is 7.23. The van der Waals surface area contributed by atoms with Crippen LogP contribution in [-0.2, 0) is 24.1 Å². The number of hydrogen-bond acceptors (Lipinski definition) is 5. The monoisotopic (exact) mass is 383 g/mol. The van der Waals surface area contributed by atoms with E-state index in [-0.39, 0.29) is 5.56 Å². The highest BCUT2D eigenvalue weighted by Crippen LogP contribution is 2.33. The van der Waals surface area contributed by atoms with Gasteiger partial charge in [-0.25, -0.2) is 4.98 Å². The van der Waals surface area contributed by atoms with Crippen LogP contribution in [0.1, 0.15) is 28.0 Å². The molecule has 1 N–H and O–H groups in total. The molecule has 1 aliphatic carbocycles. The molecule has 3 aromatic rings. The van der Waals surface area contributed by atoms with Gasteiger partial charge >= 0.3 is 0 Å². The number of methoxy groups -OCH3 is 1. The SMILES string of the molecule is COCCN[C@H]1CCc2c(sc3ncn(Cc4ccc(C)cc4)c(=O)c23)C1. The lowest BCUT2D eigenvalue weighted by Gasteiger charge is -2.23. The van der Waals surface area contributed by atoms with Gasteiger partial charge in [0.1, 0.15) is 4.83 Å². The molecule has 0 bridgehead atoms. The highest BCUT2D eigenvalue weighted by molar-refractivity contribution is 7.18. The summed E-state index contributed by atoms with van der Waals surface area (Å²) < 4.78 is 6.86. The Hall–Kier alpha value is -2.02. The fourth-order valence-electron chi connectivity index (χ4n) is 3.74. The van der Waals surface area contributed by atoms with E-state index in [1.807, 2.05) is 0 Å². The Morgan fingerprint density at radius 1 is 1.33 bits per heavy atom. The minimum absolute atomic E-state index is 0.0869. The number of aryl methyl sites for hydroxylation is 2. The largest absolute Gasteiger partial charge is 0.383 e. The highest BCUT2D eigenvalue weighted by atomic mass is 32.1. The van der Waals surface area contributed by atoms with E-state index >= 15 is 0 Å². The van der Waals surface area contributed by atoms with E-state index in [1.165, 1.54) is 16.0 Å². The molecule has 0 saturated heterocycles. The van der Waals surface area contributed by atoms with Crippen LogP contribution in [0.25, 0.3) is 10.2 Å². The number of hydrogen-bond donors (Lipinski definition) is 1. The van der Waals surface area contributed by atoms with Crippen LogP contribution in [0.4, 0.5) is 0 Å². The van der Waals surface area contributed by atoms with Crippen molar-refractivity contribution in [3.63, 3.8) is 0 Å². The third-order valence-corrected chi connectivity index (χ3v) is 6.41. The summed E-state index contributed by atoms with van der Waals surface area (Å²) in [5.74, 6) is 0. The van der Waals surface area contributed by atoms with E-state index in [9.17, 15) is 4.79 Å². The van der Waals surface area contributed by atoms with E-state index in [0.29, 0.717) is 12.6 Å². The van der Waals surface area contributed by atoms with Crippen molar-refractivity contribution in [2.45, 2.75) is 38.8 Å². The molecule has 1 aliphatic rings.